The van der Waals surface area contributed by atoms with Crippen LogP contribution in [0.4, 0.5) is 0 Å². The first-order valence-electron chi connectivity index (χ1n) is 5.98. The second kappa shape index (κ2) is 5.57. The third-order valence-corrected chi connectivity index (χ3v) is 3.62. The molecule has 0 N–H and O–H groups in total. The molecule has 0 aliphatic rings. The minimum atomic E-state index is -0.0348. The first-order valence-corrected chi connectivity index (χ1v) is 6.77. The molecule has 0 bridgehead atoms. The van der Waals surface area contributed by atoms with Gasteiger partial charge in [0.15, 0.2) is 5.78 Å². The number of carbonyl (C=O) groups excluding carboxylic acids is 1. The van der Waals surface area contributed by atoms with Crippen LogP contribution in [0.3, 0.4) is 0 Å². The molecule has 0 fully saturated rings. The average Bonchev–Trinajstić information content (AvgIpc) is 2.38. The predicted molar refractivity (Wildman–Crippen MR) is 80.0 cm³/mol. The first-order chi connectivity index (χ1) is 9.02. The van der Waals surface area contributed by atoms with Crippen molar-refractivity contribution < 1.29 is 9.53 Å². The topological polar surface area (TPSA) is 26.3 Å². The third-order valence-electron chi connectivity index (χ3n) is 2.97. The molecular weight excluding hydrogens is 304 g/mol. The molecule has 0 unspecified atom stereocenters. The van der Waals surface area contributed by atoms with E-state index in [9.17, 15) is 4.79 Å². The van der Waals surface area contributed by atoms with Crippen molar-refractivity contribution in [1.82, 2.24) is 0 Å². The summed E-state index contributed by atoms with van der Waals surface area (Å²) >= 11 is 3.45. The molecule has 0 saturated heterocycles. The van der Waals surface area contributed by atoms with Gasteiger partial charge in [-0.05, 0) is 43.7 Å². The van der Waals surface area contributed by atoms with Crippen LogP contribution in [0.1, 0.15) is 27.0 Å². The number of halogens is 1. The number of hydrogen-bond acceptors (Lipinski definition) is 2. The van der Waals surface area contributed by atoms with Crippen molar-refractivity contribution in [2.75, 3.05) is 7.11 Å². The van der Waals surface area contributed by atoms with Gasteiger partial charge in [0.25, 0.3) is 0 Å². The summed E-state index contributed by atoms with van der Waals surface area (Å²) in [7, 11) is 1.58. The van der Waals surface area contributed by atoms with Crippen LogP contribution in [-0.2, 0) is 0 Å². The van der Waals surface area contributed by atoms with E-state index in [4.69, 9.17) is 4.74 Å². The van der Waals surface area contributed by atoms with Crippen molar-refractivity contribution in [3.63, 3.8) is 0 Å². The van der Waals surface area contributed by atoms with Crippen LogP contribution in [-0.4, -0.2) is 12.9 Å². The van der Waals surface area contributed by atoms with E-state index in [2.05, 4.69) is 15.9 Å². The van der Waals surface area contributed by atoms with Gasteiger partial charge in [-0.2, -0.15) is 0 Å². The van der Waals surface area contributed by atoms with Gasteiger partial charge in [0, 0.05) is 10.0 Å². The van der Waals surface area contributed by atoms with E-state index in [0.717, 1.165) is 15.6 Å². The highest BCUT2D eigenvalue weighted by Crippen LogP contribution is 2.27. The number of rotatable bonds is 3. The maximum absolute atomic E-state index is 12.6. The molecule has 0 radical (unpaired) electrons. The lowest BCUT2D eigenvalue weighted by molar-refractivity contribution is 0.103. The van der Waals surface area contributed by atoms with Gasteiger partial charge < -0.3 is 4.74 Å². The van der Waals surface area contributed by atoms with Crippen molar-refractivity contribution in [2.45, 2.75) is 13.8 Å². The molecule has 0 saturated carbocycles. The molecule has 2 nitrogen and oxygen atoms in total. The van der Waals surface area contributed by atoms with Crippen LogP contribution in [0.15, 0.2) is 40.9 Å². The van der Waals surface area contributed by atoms with E-state index in [1.807, 2.05) is 50.2 Å². The second-order valence-electron chi connectivity index (χ2n) is 4.52. The predicted octanol–water partition coefficient (Wildman–Crippen LogP) is 4.31. The van der Waals surface area contributed by atoms with E-state index in [-0.39, 0.29) is 5.78 Å². The van der Waals surface area contributed by atoms with Gasteiger partial charge in [0.05, 0.1) is 12.7 Å². The highest BCUT2D eigenvalue weighted by molar-refractivity contribution is 9.10. The minimum absolute atomic E-state index is 0.0348. The van der Waals surface area contributed by atoms with Gasteiger partial charge in [0.2, 0.25) is 0 Å². The highest BCUT2D eigenvalue weighted by atomic mass is 79.9. The molecule has 0 aromatic heterocycles. The molecule has 2 aromatic rings. The molecule has 98 valence electrons. The third kappa shape index (κ3) is 2.87. The summed E-state index contributed by atoms with van der Waals surface area (Å²) in [5.74, 6) is 0.565. The molecule has 2 rings (SSSR count). The van der Waals surface area contributed by atoms with Crippen LogP contribution >= 0.6 is 15.9 Å². The Morgan fingerprint density at radius 2 is 1.63 bits per heavy atom. The van der Waals surface area contributed by atoms with Crippen LogP contribution < -0.4 is 4.74 Å². The summed E-state index contributed by atoms with van der Waals surface area (Å²) in [5.41, 5.74) is 3.38. The Morgan fingerprint density at radius 3 is 2.26 bits per heavy atom. The number of methoxy groups -OCH3 is 1. The smallest absolute Gasteiger partial charge is 0.197 e. The van der Waals surface area contributed by atoms with Gasteiger partial charge in [0.1, 0.15) is 5.75 Å². The van der Waals surface area contributed by atoms with Gasteiger partial charge in [-0.25, -0.2) is 0 Å². The fourth-order valence-corrected chi connectivity index (χ4v) is 2.62. The van der Waals surface area contributed by atoms with Gasteiger partial charge in [-0.1, -0.05) is 33.6 Å². The highest BCUT2D eigenvalue weighted by Gasteiger charge is 2.17. The number of carbonyl (C=O) groups is 1. The number of benzene rings is 2. The lowest BCUT2D eigenvalue weighted by atomic mass is 10.00. The summed E-state index contributed by atoms with van der Waals surface area (Å²) in [5, 5.41) is 0. The largest absolute Gasteiger partial charge is 0.496 e. The summed E-state index contributed by atoms with van der Waals surface area (Å²) < 4.78 is 6.08. The fraction of sp³-hybridized carbons (Fsp3) is 0.188. The molecule has 0 heterocycles. The van der Waals surface area contributed by atoms with E-state index < -0.39 is 0 Å². The summed E-state index contributed by atoms with van der Waals surface area (Å²) in [6.07, 6.45) is 0. The Kier molecular flexibility index (Phi) is 4.05. The second-order valence-corrected chi connectivity index (χ2v) is 5.37. The van der Waals surface area contributed by atoms with Crippen LogP contribution in [0.2, 0.25) is 0 Å². The first kappa shape index (κ1) is 13.8. The van der Waals surface area contributed by atoms with E-state index >= 15 is 0 Å². The maximum atomic E-state index is 12.6. The number of hydrogen-bond donors (Lipinski definition) is 0. The van der Waals surface area contributed by atoms with Gasteiger partial charge >= 0.3 is 0 Å². The SMILES string of the molecule is COc1ccc(C)cc1C(=O)c1ccc(C)cc1Br. The zero-order chi connectivity index (χ0) is 14.0. The Balaban J connectivity index is 2.52. The lowest BCUT2D eigenvalue weighted by Gasteiger charge is -2.10. The van der Waals surface area contributed by atoms with Crippen LogP contribution in [0.5, 0.6) is 5.75 Å². The fourth-order valence-electron chi connectivity index (χ4n) is 1.95. The Hall–Kier alpha value is -1.61. The summed E-state index contributed by atoms with van der Waals surface area (Å²) in [6, 6.07) is 11.3. The summed E-state index contributed by atoms with van der Waals surface area (Å²) in [6.45, 7) is 3.95. The number of ether oxygens (including phenoxy) is 1. The zero-order valence-electron chi connectivity index (χ0n) is 11.2. The number of aryl methyl sites for hydroxylation is 2. The van der Waals surface area contributed by atoms with Crippen molar-refractivity contribution in [3.05, 3.63) is 63.1 Å². The Bertz CT molecular complexity index is 633. The number of ketones is 1. The molecule has 0 atom stereocenters. The Morgan fingerprint density at radius 1 is 1.00 bits per heavy atom. The van der Waals surface area contributed by atoms with Crippen molar-refractivity contribution in [2.24, 2.45) is 0 Å². The molecule has 0 aliphatic heterocycles. The van der Waals surface area contributed by atoms with Crippen molar-refractivity contribution in [1.29, 1.82) is 0 Å². The molecule has 0 spiro atoms. The normalized spacial score (nSPS) is 10.3. The Labute approximate surface area is 121 Å². The average molecular weight is 319 g/mol. The molecule has 0 amide bonds. The summed E-state index contributed by atoms with van der Waals surface area (Å²) in [4.78, 5) is 12.6. The van der Waals surface area contributed by atoms with Gasteiger partial charge in [-0.15, -0.1) is 0 Å². The van der Waals surface area contributed by atoms with Crippen molar-refractivity contribution >= 4 is 21.7 Å². The molecular formula is C16H15BrO2. The molecule has 0 aliphatic carbocycles. The van der Waals surface area contributed by atoms with Crippen LogP contribution in [0, 0.1) is 13.8 Å². The van der Waals surface area contributed by atoms with E-state index in [1.165, 1.54) is 0 Å². The van der Waals surface area contributed by atoms with E-state index in [1.54, 1.807) is 7.11 Å². The molecule has 2 aromatic carbocycles. The minimum Gasteiger partial charge on any atom is -0.496 e. The molecule has 3 heteroatoms. The van der Waals surface area contributed by atoms with Gasteiger partial charge in [-0.3, -0.25) is 4.79 Å². The van der Waals surface area contributed by atoms with E-state index in [0.29, 0.717) is 16.9 Å². The van der Waals surface area contributed by atoms with Crippen LogP contribution in [0.25, 0.3) is 0 Å². The quantitative estimate of drug-likeness (QED) is 0.788. The van der Waals surface area contributed by atoms with Crippen molar-refractivity contribution in [3.8, 4) is 5.75 Å². The zero-order valence-corrected chi connectivity index (χ0v) is 12.7. The maximum Gasteiger partial charge on any atom is 0.197 e. The molecule has 19 heavy (non-hydrogen) atoms. The standard InChI is InChI=1S/C16H15BrO2/c1-10-5-7-15(19-3)13(8-10)16(18)12-6-4-11(2)9-14(12)17/h4-9H,1-3H3. The monoisotopic (exact) mass is 318 g/mol. The lowest BCUT2D eigenvalue weighted by Crippen LogP contribution is -2.05.